The van der Waals surface area contributed by atoms with Gasteiger partial charge < -0.3 is 15.5 Å². The lowest BCUT2D eigenvalue weighted by Gasteiger charge is -2.26. The molecule has 0 saturated carbocycles. The van der Waals surface area contributed by atoms with Gasteiger partial charge in [-0.2, -0.15) is 0 Å². The smallest absolute Gasteiger partial charge is 0.266 e. The highest BCUT2D eigenvalue weighted by Gasteiger charge is 2.32. The highest BCUT2D eigenvalue weighted by Crippen LogP contribution is 2.33. The van der Waals surface area contributed by atoms with E-state index in [9.17, 15) is 4.79 Å². The number of nitrogens with zero attached hydrogens (tertiary/aromatic N) is 4. The molecule has 3 rings (SSSR count). The van der Waals surface area contributed by atoms with Crippen molar-refractivity contribution in [1.29, 1.82) is 0 Å². The Morgan fingerprint density at radius 1 is 1.48 bits per heavy atom. The van der Waals surface area contributed by atoms with Crippen molar-refractivity contribution >= 4 is 33.3 Å². The maximum Gasteiger partial charge on any atom is 0.266 e. The predicted octanol–water partition coefficient (Wildman–Crippen LogP) is 1.44. The van der Waals surface area contributed by atoms with Gasteiger partial charge in [0.05, 0.1) is 5.69 Å². The molecule has 2 aromatic rings. The minimum Gasteiger partial charge on any atom is -0.396 e. The molecule has 0 bridgehead atoms. The molecule has 0 spiro atoms. The maximum absolute atomic E-state index is 12.8. The van der Waals surface area contributed by atoms with E-state index in [1.54, 1.807) is 12.4 Å². The first kappa shape index (κ1) is 14.2. The lowest BCUT2D eigenvalue weighted by molar-refractivity contribution is 0.0722. The first-order chi connectivity index (χ1) is 10.1. The van der Waals surface area contributed by atoms with Gasteiger partial charge >= 0.3 is 0 Å². The second-order valence-electron chi connectivity index (χ2n) is 5.61. The van der Waals surface area contributed by atoms with Crippen molar-refractivity contribution in [2.75, 3.05) is 32.9 Å². The van der Waals surface area contributed by atoms with E-state index < -0.39 is 0 Å². The first-order valence-electron chi connectivity index (χ1n) is 7.02. The zero-order chi connectivity index (χ0) is 15.0. The molecule has 1 amide bonds. The average Bonchev–Trinajstić information content (AvgIpc) is 3.03. The lowest BCUT2D eigenvalue weighted by atomic mass is 10.2. The van der Waals surface area contributed by atoms with Gasteiger partial charge in [0, 0.05) is 31.5 Å². The zero-order valence-electron chi connectivity index (χ0n) is 12.2. The summed E-state index contributed by atoms with van der Waals surface area (Å²) < 4.78 is 0. The van der Waals surface area contributed by atoms with Crippen molar-refractivity contribution in [2.45, 2.75) is 18.9 Å². The average molecular weight is 305 g/mol. The largest absolute Gasteiger partial charge is 0.396 e. The van der Waals surface area contributed by atoms with Crippen molar-refractivity contribution in [2.24, 2.45) is 0 Å². The second-order valence-corrected chi connectivity index (χ2v) is 6.61. The molecule has 0 radical (unpaired) electrons. The van der Waals surface area contributed by atoms with Gasteiger partial charge in [0.2, 0.25) is 0 Å². The summed E-state index contributed by atoms with van der Waals surface area (Å²) in [7, 11) is 4.06. The summed E-state index contributed by atoms with van der Waals surface area (Å²) in [6, 6.07) is 0.262. The van der Waals surface area contributed by atoms with E-state index >= 15 is 0 Å². The number of likely N-dealkylation sites (N-methyl/N-ethyl adjacent to an activating group) is 1. The molecule has 1 fully saturated rings. The summed E-state index contributed by atoms with van der Waals surface area (Å²) in [6.07, 6.45) is 5.32. The van der Waals surface area contributed by atoms with E-state index in [1.807, 2.05) is 19.0 Å². The van der Waals surface area contributed by atoms with Crippen molar-refractivity contribution in [3.05, 3.63) is 17.3 Å². The van der Waals surface area contributed by atoms with Crippen molar-refractivity contribution in [3.8, 4) is 0 Å². The molecule has 2 N–H and O–H groups in total. The Morgan fingerprint density at radius 2 is 2.24 bits per heavy atom. The number of thiophene rings is 1. The van der Waals surface area contributed by atoms with E-state index in [1.165, 1.54) is 11.3 Å². The van der Waals surface area contributed by atoms with Crippen LogP contribution in [0.5, 0.6) is 0 Å². The summed E-state index contributed by atoms with van der Waals surface area (Å²) in [5, 5.41) is 0. The minimum absolute atomic E-state index is 0.0154. The monoisotopic (exact) mass is 305 g/mol. The molecule has 0 aliphatic carbocycles. The zero-order valence-corrected chi connectivity index (χ0v) is 13.1. The van der Waals surface area contributed by atoms with Gasteiger partial charge in [-0.25, -0.2) is 9.97 Å². The number of anilines is 1. The van der Waals surface area contributed by atoms with Crippen molar-refractivity contribution in [1.82, 2.24) is 19.8 Å². The molecule has 1 aliphatic rings. The van der Waals surface area contributed by atoms with Gasteiger partial charge in [0.25, 0.3) is 5.91 Å². The molecule has 2 aromatic heterocycles. The van der Waals surface area contributed by atoms with E-state index in [-0.39, 0.29) is 11.9 Å². The van der Waals surface area contributed by atoms with Gasteiger partial charge in [0.1, 0.15) is 15.2 Å². The van der Waals surface area contributed by atoms with Crippen LogP contribution in [0, 0.1) is 0 Å². The number of likely N-dealkylation sites (tertiary alicyclic amines) is 1. The fourth-order valence-electron chi connectivity index (χ4n) is 2.85. The quantitative estimate of drug-likeness (QED) is 0.928. The SMILES string of the molecule is CN(C)CC1CCCN1C(=O)c1sc2nccnc2c1N. The van der Waals surface area contributed by atoms with E-state index in [4.69, 9.17) is 5.73 Å². The van der Waals surface area contributed by atoms with Gasteiger partial charge in [-0.1, -0.05) is 0 Å². The molecule has 7 heteroatoms. The number of carbonyl (C=O) groups excluding carboxylic acids is 1. The number of hydrogen-bond acceptors (Lipinski definition) is 6. The molecule has 1 aliphatic heterocycles. The fourth-order valence-corrected chi connectivity index (χ4v) is 3.83. The fraction of sp³-hybridized carbons (Fsp3) is 0.500. The Hall–Kier alpha value is -1.73. The van der Waals surface area contributed by atoms with E-state index in [0.29, 0.717) is 16.1 Å². The number of nitrogen functional groups attached to an aromatic ring is 1. The van der Waals surface area contributed by atoms with E-state index in [0.717, 1.165) is 30.8 Å². The summed E-state index contributed by atoms with van der Waals surface area (Å²) in [5.41, 5.74) is 7.20. The van der Waals surface area contributed by atoms with Gasteiger partial charge in [-0.05, 0) is 26.9 Å². The molecule has 1 saturated heterocycles. The van der Waals surface area contributed by atoms with Gasteiger partial charge in [-0.15, -0.1) is 11.3 Å². The molecular weight excluding hydrogens is 286 g/mol. The maximum atomic E-state index is 12.8. The highest BCUT2D eigenvalue weighted by molar-refractivity contribution is 7.21. The highest BCUT2D eigenvalue weighted by atomic mass is 32.1. The normalized spacial score (nSPS) is 18.8. The number of fused-ring (bicyclic) bond motifs is 1. The Bertz CT molecular complexity index is 668. The van der Waals surface area contributed by atoms with Crippen LogP contribution in [0.1, 0.15) is 22.5 Å². The van der Waals surface area contributed by atoms with Crippen molar-refractivity contribution < 1.29 is 4.79 Å². The summed E-state index contributed by atoms with van der Waals surface area (Å²) >= 11 is 1.34. The topological polar surface area (TPSA) is 75.3 Å². The van der Waals surface area contributed by atoms with Gasteiger partial charge in [0.15, 0.2) is 0 Å². The van der Waals surface area contributed by atoms with Crippen LogP contribution in [0.15, 0.2) is 12.4 Å². The third-order valence-electron chi connectivity index (χ3n) is 3.77. The molecule has 112 valence electrons. The van der Waals surface area contributed by atoms with Crippen LogP contribution in [-0.2, 0) is 0 Å². The molecule has 1 unspecified atom stereocenters. The molecule has 21 heavy (non-hydrogen) atoms. The summed E-state index contributed by atoms with van der Waals surface area (Å²) in [5.74, 6) is 0.0154. The van der Waals surface area contributed by atoms with E-state index in [2.05, 4.69) is 14.9 Å². The number of carbonyl (C=O) groups is 1. The molecule has 0 aromatic carbocycles. The van der Waals surface area contributed by atoms with Crippen LogP contribution in [-0.4, -0.2) is 58.9 Å². The molecular formula is C14H19N5OS. The van der Waals surface area contributed by atoms with Crippen LogP contribution >= 0.6 is 11.3 Å². The molecule has 1 atom stereocenters. The number of aromatic nitrogens is 2. The van der Waals surface area contributed by atoms with Crippen LogP contribution in [0.4, 0.5) is 5.69 Å². The lowest BCUT2D eigenvalue weighted by Crippen LogP contribution is -2.41. The predicted molar refractivity (Wildman–Crippen MR) is 84.4 cm³/mol. The third kappa shape index (κ3) is 2.58. The van der Waals surface area contributed by atoms with Gasteiger partial charge in [-0.3, -0.25) is 4.79 Å². The van der Waals surface area contributed by atoms with Crippen LogP contribution in [0.2, 0.25) is 0 Å². The molecule has 6 nitrogen and oxygen atoms in total. The number of nitrogens with two attached hydrogens (primary N) is 1. The third-order valence-corrected chi connectivity index (χ3v) is 4.86. The molecule has 3 heterocycles. The minimum atomic E-state index is 0.0154. The Balaban J connectivity index is 1.91. The number of amides is 1. The Kier molecular flexibility index (Phi) is 3.77. The number of rotatable bonds is 3. The number of hydrogen-bond donors (Lipinski definition) is 1. The summed E-state index contributed by atoms with van der Waals surface area (Å²) in [6.45, 7) is 1.68. The van der Waals surface area contributed by atoms with Crippen LogP contribution in [0.25, 0.3) is 10.3 Å². The Morgan fingerprint density at radius 3 is 2.95 bits per heavy atom. The van der Waals surface area contributed by atoms with Crippen molar-refractivity contribution in [3.63, 3.8) is 0 Å². The first-order valence-corrected chi connectivity index (χ1v) is 7.84. The van der Waals surface area contributed by atoms with Crippen LogP contribution < -0.4 is 5.73 Å². The Labute approximate surface area is 127 Å². The standard InChI is InChI=1S/C14H19N5OS/c1-18(2)8-9-4-3-7-19(9)14(20)12-10(15)11-13(21-12)17-6-5-16-11/h5-6,9H,3-4,7-8,15H2,1-2H3. The summed E-state index contributed by atoms with van der Waals surface area (Å²) in [4.78, 5) is 26.6. The van der Waals surface area contributed by atoms with Crippen LogP contribution in [0.3, 0.4) is 0 Å². The second kappa shape index (κ2) is 5.57.